The largest absolute Gasteiger partial charge is 0.383 e. The highest BCUT2D eigenvalue weighted by molar-refractivity contribution is 5.95. The van der Waals surface area contributed by atoms with Crippen LogP contribution in [0.4, 0.5) is 11.5 Å². The summed E-state index contributed by atoms with van der Waals surface area (Å²) in [5.41, 5.74) is 6.78. The minimum absolute atomic E-state index is 0.0335. The minimum atomic E-state index is -0.700. The number of aromatic amines is 1. The van der Waals surface area contributed by atoms with Gasteiger partial charge < -0.3 is 10.6 Å². The molecule has 1 aromatic carbocycles. The first-order chi connectivity index (χ1) is 15.7. The van der Waals surface area contributed by atoms with Gasteiger partial charge in [-0.25, -0.2) is 4.79 Å². The van der Waals surface area contributed by atoms with Crippen LogP contribution in [0, 0.1) is 12.8 Å². The van der Waals surface area contributed by atoms with Crippen molar-refractivity contribution >= 4 is 17.4 Å². The normalized spacial score (nSPS) is 11.2. The number of aryl methyl sites for hydroxylation is 1. The molecule has 0 atom stereocenters. The lowest BCUT2D eigenvalue weighted by atomic mass is 10.1. The predicted molar refractivity (Wildman–Crippen MR) is 126 cm³/mol. The van der Waals surface area contributed by atoms with Gasteiger partial charge in [-0.15, -0.1) is 10.2 Å². The summed E-state index contributed by atoms with van der Waals surface area (Å²) in [5.74, 6) is 0.0471. The molecule has 2 heterocycles. The molecule has 0 saturated carbocycles. The molecule has 11 heteroatoms. The SMILES string of the molecule is CCCCN(C(=O)Cn1nnc(-c2ccc(C)cc2)n1)c1c(N)n(CC(C)C)c(=O)[nH]c1=O. The molecule has 0 bridgehead atoms. The Morgan fingerprint density at radius 2 is 1.91 bits per heavy atom. The molecule has 0 fully saturated rings. The van der Waals surface area contributed by atoms with E-state index in [1.807, 2.05) is 52.0 Å². The zero-order valence-electron chi connectivity index (χ0n) is 19.4. The number of aromatic nitrogens is 6. The van der Waals surface area contributed by atoms with Crippen LogP contribution in [-0.2, 0) is 17.9 Å². The van der Waals surface area contributed by atoms with Crippen molar-refractivity contribution in [2.75, 3.05) is 17.2 Å². The average molecular weight is 455 g/mol. The molecule has 0 radical (unpaired) electrons. The molecule has 0 unspecified atom stereocenters. The Balaban J connectivity index is 1.92. The van der Waals surface area contributed by atoms with Gasteiger partial charge in [-0.2, -0.15) is 4.80 Å². The fourth-order valence-electron chi connectivity index (χ4n) is 3.40. The number of nitrogens with two attached hydrogens (primary N) is 1. The van der Waals surface area contributed by atoms with Crippen LogP contribution in [0.15, 0.2) is 33.9 Å². The van der Waals surface area contributed by atoms with Gasteiger partial charge in [0.15, 0.2) is 5.69 Å². The first kappa shape index (κ1) is 23.9. The van der Waals surface area contributed by atoms with E-state index in [-0.39, 0.29) is 30.5 Å². The number of nitrogens with one attached hydrogen (secondary N) is 1. The number of unbranched alkanes of at least 4 members (excludes halogenated alkanes) is 1. The van der Waals surface area contributed by atoms with Gasteiger partial charge in [0.05, 0.1) is 0 Å². The highest BCUT2D eigenvalue weighted by Crippen LogP contribution is 2.19. The van der Waals surface area contributed by atoms with Crippen molar-refractivity contribution < 1.29 is 4.79 Å². The van der Waals surface area contributed by atoms with E-state index in [0.29, 0.717) is 18.8 Å². The number of amides is 1. The molecule has 0 saturated heterocycles. The average Bonchev–Trinajstić information content (AvgIpc) is 3.22. The van der Waals surface area contributed by atoms with Gasteiger partial charge >= 0.3 is 5.69 Å². The number of nitrogens with zero attached hydrogens (tertiary/aromatic N) is 6. The summed E-state index contributed by atoms with van der Waals surface area (Å²) < 4.78 is 1.29. The summed E-state index contributed by atoms with van der Waals surface area (Å²) in [6.45, 7) is 8.16. The molecule has 176 valence electrons. The number of carbonyl (C=O) groups is 1. The number of hydrogen-bond acceptors (Lipinski definition) is 7. The van der Waals surface area contributed by atoms with Crippen LogP contribution < -0.4 is 21.9 Å². The molecule has 0 aliphatic rings. The van der Waals surface area contributed by atoms with E-state index in [0.717, 1.165) is 17.5 Å². The van der Waals surface area contributed by atoms with Crippen LogP contribution in [0.2, 0.25) is 0 Å². The van der Waals surface area contributed by atoms with Gasteiger partial charge in [-0.05, 0) is 24.5 Å². The van der Waals surface area contributed by atoms with E-state index >= 15 is 0 Å². The van der Waals surface area contributed by atoms with Crippen molar-refractivity contribution in [3.05, 3.63) is 50.7 Å². The van der Waals surface area contributed by atoms with Gasteiger partial charge in [0, 0.05) is 18.7 Å². The lowest BCUT2D eigenvalue weighted by molar-refractivity contribution is -0.119. The van der Waals surface area contributed by atoms with E-state index in [2.05, 4.69) is 20.4 Å². The number of anilines is 2. The number of nitrogen functional groups attached to an aromatic ring is 1. The maximum Gasteiger partial charge on any atom is 0.330 e. The van der Waals surface area contributed by atoms with Crippen LogP contribution in [0.25, 0.3) is 11.4 Å². The Morgan fingerprint density at radius 1 is 1.21 bits per heavy atom. The first-order valence-electron chi connectivity index (χ1n) is 11.0. The van der Waals surface area contributed by atoms with E-state index in [1.54, 1.807) is 0 Å². The summed E-state index contributed by atoms with van der Waals surface area (Å²) in [5, 5.41) is 12.3. The second kappa shape index (κ2) is 10.2. The van der Waals surface area contributed by atoms with Gasteiger partial charge in [0.25, 0.3) is 11.5 Å². The molecular formula is C22H30N8O3. The monoisotopic (exact) mass is 454 g/mol. The second-order valence-corrected chi connectivity index (χ2v) is 8.41. The molecule has 0 aliphatic carbocycles. The Morgan fingerprint density at radius 3 is 2.55 bits per heavy atom. The van der Waals surface area contributed by atoms with Crippen LogP contribution >= 0.6 is 0 Å². The van der Waals surface area contributed by atoms with Crippen LogP contribution in [-0.4, -0.2) is 42.2 Å². The summed E-state index contributed by atoms with van der Waals surface area (Å²) >= 11 is 0. The highest BCUT2D eigenvalue weighted by atomic mass is 16.2. The van der Waals surface area contributed by atoms with E-state index in [1.165, 1.54) is 14.3 Å². The third kappa shape index (κ3) is 5.54. The summed E-state index contributed by atoms with van der Waals surface area (Å²) in [4.78, 5) is 43.0. The molecule has 1 amide bonds. The molecule has 3 N–H and O–H groups in total. The first-order valence-corrected chi connectivity index (χ1v) is 11.0. The van der Waals surface area contributed by atoms with Crippen molar-refractivity contribution in [3.8, 4) is 11.4 Å². The Labute approximate surface area is 191 Å². The number of carbonyl (C=O) groups excluding carboxylic acids is 1. The van der Waals surface area contributed by atoms with Crippen molar-refractivity contribution in [1.29, 1.82) is 0 Å². The number of rotatable bonds is 9. The smallest absolute Gasteiger partial charge is 0.330 e. The van der Waals surface area contributed by atoms with Crippen LogP contribution in [0.3, 0.4) is 0 Å². The van der Waals surface area contributed by atoms with Gasteiger partial charge in [0.1, 0.15) is 12.4 Å². The number of benzene rings is 1. The van der Waals surface area contributed by atoms with Crippen molar-refractivity contribution in [2.45, 2.75) is 53.6 Å². The standard InChI is InChI=1S/C22H30N8O3/c1-5-6-11-28(18-19(23)29(12-14(2)3)22(33)24-21(18)32)17(31)13-30-26-20(25-27-30)16-9-7-15(4)8-10-16/h7-10,14H,5-6,11-13,23H2,1-4H3,(H,24,32,33). The fraction of sp³-hybridized carbons (Fsp3) is 0.455. The maximum atomic E-state index is 13.2. The third-order valence-electron chi connectivity index (χ3n) is 5.11. The summed E-state index contributed by atoms with van der Waals surface area (Å²) in [7, 11) is 0. The Hall–Kier alpha value is -3.76. The van der Waals surface area contributed by atoms with Gasteiger partial charge in [-0.3, -0.25) is 19.1 Å². The summed E-state index contributed by atoms with van der Waals surface area (Å²) in [6.07, 6.45) is 1.44. The fourth-order valence-corrected chi connectivity index (χ4v) is 3.40. The molecule has 11 nitrogen and oxygen atoms in total. The van der Waals surface area contributed by atoms with Crippen LogP contribution in [0.5, 0.6) is 0 Å². The third-order valence-corrected chi connectivity index (χ3v) is 5.11. The number of tetrazole rings is 1. The molecule has 33 heavy (non-hydrogen) atoms. The zero-order chi connectivity index (χ0) is 24.1. The molecule has 2 aromatic heterocycles. The molecule has 0 aliphatic heterocycles. The van der Waals surface area contributed by atoms with Crippen LogP contribution in [0.1, 0.15) is 39.2 Å². The lowest BCUT2D eigenvalue weighted by Gasteiger charge is -2.24. The molecule has 3 rings (SSSR count). The molecular weight excluding hydrogens is 424 g/mol. The quantitative estimate of drug-likeness (QED) is 0.499. The lowest BCUT2D eigenvalue weighted by Crippen LogP contribution is -2.43. The topological polar surface area (TPSA) is 145 Å². The van der Waals surface area contributed by atoms with Crippen molar-refractivity contribution in [3.63, 3.8) is 0 Å². The van der Waals surface area contributed by atoms with Crippen molar-refractivity contribution in [2.24, 2.45) is 5.92 Å². The van der Waals surface area contributed by atoms with Gasteiger partial charge in [0.2, 0.25) is 5.82 Å². The number of hydrogen-bond donors (Lipinski definition) is 2. The molecule has 0 spiro atoms. The predicted octanol–water partition coefficient (Wildman–Crippen LogP) is 1.57. The maximum absolute atomic E-state index is 13.2. The van der Waals surface area contributed by atoms with E-state index < -0.39 is 17.2 Å². The minimum Gasteiger partial charge on any atom is -0.383 e. The van der Waals surface area contributed by atoms with Crippen molar-refractivity contribution in [1.82, 2.24) is 29.8 Å². The van der Waals surface area contributed by atoms with E-state index in [9.17, 15) is 14.4 Å². The Bertz CT molecular complexity index is 1220. The second-order valence-electron chi connectivity index (χ2n) is 8.41. The number of H-pyrrole nitrogens is 1. The van der Waals surface area contributed by atoms with E-state index in [4.69, 9.17) is 5.73 Å². The summed E-state index contributed by atoms with van der Waals surface area (Å²) in [6, 6.07) is 7.64. The highest BCUT2D eigenvalue weighted by Gasteiger charge is 2.25. The zero-order valence-corrected chi connectivity index (χ0v) is 19.4. The molecule has 3 aromatic rings. The van der Waals surface area contributed by atoms with Gasteiger partial charge in [-0.1, -0.05) is 57.0 Å². The Kier molecular flexibility index (Phi) is 7.41.